The van der Waals surface area contributed by atoms with Gasteiger partial charge in [0.15, 0.2) is 24.8 Å². The van der Waals surface area contributed by atoms with Crippen LogP contribution >= 0.6 is 0 Å². The molecule has 0 aromatic carbocycles. The van der Waals surface area contributed by atoms with E-state index in [9.17, 15) is 0 Å². The molecule has 0 radical (unpaired) electrons. The van der Waals surface area contributed by atoms with Gasteiger partial charge in [0.2, 0.25) is 22.8 Å². The number of H-pyrrole nitrogens is 4. The van der Waals surface area contributed by atoms with E-state index >= 15 is 0 Å². The summed E-state index contributed by atoms with van der Waals surface area (Å²) < 4.78 is 8.70. The molecule has 0 fully saturated rings. The lowest BCUT2D eigenvalue weighted by atomic mass is 10.1. The van der Waals surface area contributed by atoms with E-state index in [-0.39, 0.29) is 0 Å². The van der Waals surface area contributed by atoms with Gasteiger partial charge in [-0.3, -0.25) is 0 Å². The number of aromatic amines is 4. The number of nitrogens with zero attached hydrogens (tertiary/aromatic N) is 4. The molecule has 8 aromatic rings. The van der Waals surface area contributed by atoms with Crippen molar-refractivity contribution in [2.45, 2.75) is 0 Å². The summed E-state index contributed by atoms with van der Waals surface area (Å²) in [6.45, 7) is 0. The SMILES string of the molecule is C[n+]1ccccc1/C1=c2\cc/c([nH]2)=C(\c2cccc[n+]2C)c2ccc([nH]2)/C(c2cccc[n+]2C)=c2/cc/c([nH]2)=C(\c2cccc[n+]2C)c2ccc1[nH]2. The van der Waals surface area contributed by atoms with Gasteiger partial charge in [-0.25, -0.2) is 18.3 Å². The van der Waals surface area contributed by atoms with E-state index < -0.39 is 0 Å². The van der Waals surface area contributed by atoms with Crippen LogP contribution in [0.1, 0.15) is 45.6 Å². The van der Waals surface area contributed by atoms with E-state index in [1.54, 1.807) is 0 Å². The third kappa shape index (κ3) is 5.24. The number of hydrogen-bond donors (Lipinski definition) is 4. The number of rotatable bonds is 4. The number of aryl methyl sites for hydroxylation is 4. The topological polar surface area (TPSA) is 78.7 Å². The fourth-order valence-corrected chi connectivity index (χ4v) is 7.56. The number of nitrogens with one attached hydrogen (secondary N) is 4. The van der Waals surface area contributed by atoms with Gasteiger partial charge in [0.1, 0.15) is 28.2 Å². The van der Waals surface area contributed by atoms with E-state index in [0.29, 0.717) is 0 Å². The Labute approximate surface area is 301 Å². The molecule has 1 aliphatic heterocycles. The van der Waals surface area contributed by atoms with Crippen molar-refractivity contribution in [3.05, 3.63) is 213 Å². The van der Waals surface area contributed by atoms with Crippen molar-refractivity contribution in [3.63, 3.8) is 0 Å². The maximum Gasteiger partial charge on any atom is 0.216 e. The van der Waals surface area contributed by atoms with Gasteiger partial charge < -0.3 is 19.9 Å². The number of aromatic nitrogens is 8. The highest BCUT2D eigenvalue weighted by Gasteiger charge is 2.25. The Hall–Kier alpha value is -6.80. The molecule has 0 saturated heterocycles. The number of fused-ring (bicyclic) bond motifs is 8. The molecule has 4 N–H and O–H groups in total. The molecule has 0 saturated carbocycles. The number of pyridine rings is 4. The molecule has 0 atom stereocenters. The van der Waals surface area contributed by atoms with Crippen molar-refractivity contribution < 1.29 is 18.3 Å². The van der Waals surface area contributed by atoms with E-state index in [0.717, 1.165) is 89.2 Å². The van der Waals surface area contributed by atoms with Crippen LogP contribution in [0.2, 0.25) is 0 Å². The number of hydrogen-bond acceptors (Lipinski definition) is 0. The molecule has 8 aromatic heterocycles. The van der Waals surface area contributed by atoms with Crippen molar-refractivity contribution in [2.24, 2.45) is 28.2 Å². The zero-order valence-electron chi connectivity index (χ0n) is 29.6. The lowest BCUT2D eigenvalue weighted by Gasteiger charge is -2.07. The fourth-order valence-electron chi connectivity index (χ4n) is 7.56. The van der Waals surface area contributed by atoms with Gasteiger partial charge in [-0.2, -0.15) is 0 Å². The fraction of sp³-hybridized carbons (Fsp3) is 0.0909. The summed E-state index contributed by atoms with van der Waals surface area (Å²) in [6, 6.07) is 42.9. The molecule has 1 aliphatic rings. The van der Waals surface area contributed by atoms with Crippen molar-refractivity contribution in [2.75, 3.05) is 0 Å². The van der Waals surface area contributed by atoms with Gasteiger partial charge in [0.25, 0.3) is 0 Å². The Kier molecular flexibility index (Phi) is 7.51. The van der Waals surface area contributed by atoms with Crippen molar-refractivity contribution in [1.29, 1.82) is 0 Å². The highest BCUT2D eigenvalue weighted by molar-refractivity contribution is 5.81. The second kappa shape index (κ2) is 12.5. The molecule has 0 amide bonds. The summed E-state index contributed by atoms with van der Waals surface area (Å²) in [5, 5.41) is 4.05. The molecule has 0 unspecified atom stereocenters. The van der Waals surface area contributed by atoms with E-state index in [2.05, 4.69) is 213 Å². The summed E-state index contributed by atoms with van der Waals surface area (Å²) in [5.41, 5.74) is 12.7. The molecule has 8 bridgehead atoms. The largest absolute Gasteiger partial charge is 0.354 e. The molecule has 252 valence electrons. The van der Waals surface area contributed by atoms with Crippen LogP contribution in [0.3, 0.4) is 0 Å². The summed E-state index contributed by atoms with van der Waals surface area (Å²) in [4.78, 5) is 15.5. The van der Waals surface area contributed by atoms with Gasteiger partial charge in [-0.05, 0) is 72.8 Å². The van der Waals surface area contributed by atoms with Crippen LogP contribution in [-0.2, 0) is 28.2 Å². The van der Waals surface area contributed by atoms with E-state index in [4.69, 9.17) is 0 Å². The first kappa shape index (κ1) is 31.2. The minimum absolute atomic E-state index is 1.01. The van der Waals surface area contributed by atoms with Gasteiger partial charge in [-0.1, -0.05) is 0 Å². The summed E-state index contributed by atoms with van der Waals surface area (Å²) in [6.07, 6.45) is 8.39. The van der Waals surface area contributed by atoms with E-state index in [1.165, 1.54) is 0 Å². The second-order valence-electron chi connectivity index (χ2n) is 13.4. The van der Waals surface area contributed by atoms with Gasteiger partial charge >= 0.3 is 0 Å². The molecule has 8 nitrogen and oxygen atoms in total. The first-order valence-corrected chi connectivity index (χ1v) is 17.5. The molecular formula is C44H40N8+4. The summed E-state index contributed by atoms with van der Waals surface area (Å²) in [7, 11) is 8.39. The smallest absolute Gasteiger partial charge is 0.216 e. The molecule has 8 heteroatoms. The molecular weight excluding hydrogens is 641 g/mol. The summed E-state index contributed by atoms with van der Waals surface area (Å²) >= 11 is 0. The second-order valence-corrected chi connectivity index (χ2v) is 13.4. The zero-order valence-corrected chi connectivity index (χ0v) is 29.6. The Morgan fingerprint density at radius 2 is 0.538 bits per heavy atom. The quantitative estimate of drug-likeness (QED) is 0.204. The average molecular weight is 681 g/mol. The maximum absolute atomic E-state index is 3.88. The van der Waals surface area contributed by atoms with Gasteiger partial charge in [0.05, 0.1) is 66.5 Å². The van der Waals surface area contributed by atoms with Crippen molar-refractivity contribution >= 4 is 22.3 Å². The molecule has 9 rings (SSSR count). The minimum atomic E-state index is 1.01. The Morgan fingerprint density at radius 1 is 0.288 bits per heavy atom. The minimum Gasteiger partial charge on any atom is -0.354 e. The predicted octanol–water partition coefficient (Wildman–Crippen LogP) is 1.60. The lowest BCUT2D eigenvalue weighted by molar-refractivity contribution is -0.673. The van der Waals surface area contributed by atoms with E-state index in [1.807, 2.05) is 0 Å². The monoisotopic (exact) mass is 680 g/mol. The molecule has 0 spiro atoms. The van der Waals surface area contributed by atoms with Crippen molar-refractivity contribution in [3.8, 4) is 0 Å². The van der Waals surface area contributed by atoms with Crippen LogP contribution in [0.4, 0.5) is 0 Å². The Balaban J connectivity index is 1.47. The molecule has 9 heterocycles. The third-order valence-corrected chi connectivity index (χ3v) is 10.1. The standard InChI is InChI=1S/C44H38N8/c1-49-25-9-5-13-37(49)41-29-17-19-31(45-29)42(38-14-6-10-26-50(38)2)33-21-23-35(47-33)44(40-16-8-12-28-52(40)4)36-24-22-34(48-36)43(32-20-18-30(41)46-32)39-15-7-11-27-51(39)3/h5-28H,1-4H3,(H2,45,46,47,48)/q+2/p+2/b41-29+,41-30?,42-31+,42-33?,43-32?,43-34+,44-35?,44-36+. The predicted molar refractivity (Wildman–Crippen MR) is 199 cm³/mol. The maximum atomic E-state index is 3.88. The van der Waals surface area contributed by atoms with Crippen LogP contribution in [-0.4, -0.2) is 19.9 Å². The van der Waals surface area contributed by atoms with Crippen LogP contribution in [0.25, 0.3) is 22.3 Å². The van der Waals surface area contributed by atoms with Crippen molar-refractivity contribution in [1.82, 2.24) is 19.9 Å². The lowest BCUT2D eigenvalue weighted by Crippen LogP contribution is -2.36. The van der Waals surface area contributed by atoms with Crippen LogP contribution in [0, 0.1) is 0 Å². The Morgan fingerprint density at radius 3 is 0.769 bits per heavy atom. The third-order valence-electron chi connectivity index (χ3n) is 10.1. The highest BCUT2D eigenvalue weighted by Crippen LogP contribution is 2.25. The van der Waals surface area contributed by atoms with Crippen LogP contribution in [0.15, 0.2) is 146 Å². The van der Waals surface area contributed by atoms with Crippen LogP contribution < -0.4 is 39.7 Å². The first-order valence-electron chi connectivity index (χ1n) is 17.5. The van der Waals surface area contributed by atoms with Gasteiger partial charge in [-0.15, -0.1) is 0 Å². The average Bonchev–Trinajstić information content (AvgIpc) is 3.99. The molecule has 52 heavy (non-hydrogen) atoms. The first-order chi connectivity index (χ1) is 25.4. The van der Waals surface area contributed by atoms with Crippen LogP contribution in [0.5, 0.6) is 0 Å². The van der Waals surface area contributed by atoms with Gasteiger partial charge in [0, 0.05) is 48.5 Å². The Bertz CT molecular complexity index is 2520. The highest BCUT2D eigenvalue weighted by atomic mass is 15.0. The molecule has 0 aliphatic carbocycles. The normalized spacial score (nSPS) is 17.0. The zero-order chi connectivity index (χ0) is 35.3. The summed E-state index contributed by atoms with van der Waals surface area (Å²) in [5.74, 6) is 0.